The normalized spacial score (nSPS) is 11.2. The molecule has 1 aromatic carbocycles. The number of aromatic nitrogens is 1. The lowest BCUT2D eigenvalue weighted by Gasteiger charge is -2.12. The predicted octanol–water partition coefficient (Wildman–Crippen LogP) is 3.59. The summed E-state index contributed by atoms with van der Waals surface area (Å²) >= 11 is 0. The zero-order chi connectivity index (χ0) is 14.8. The molecule has 0 aliphatic heterocycles. The van der Waals surface area contributed by atoms with Gasteiger partial charge in [-0.05, 0) is 17.7 Å². The Balaban J connectivity index is 2.68. The molecule has 0 N–H and O–H groups in total. The lowest BCUT2D eigenvalue weighted by Crippen LogP contribution is -2.09. The Morgan fingerprint density at radius 1 is 1.20 bits per heavy atom. The average Bonchev–Trinajstić information content (AvgIpc) is 2.45. The van der Waals surface area contributed by atoms with Gasteiger partial charge in [-0.15, -0.1) is 0 Å². The molecule has 2 aromatic rings. The van der Waals surface area contributed by atoms with E-state index in [1.54, 1.807) is 24.3 Å². The quantitative estimate of drug-likeness (QED) is 0.807. The molecular formula is C14H10F3NO2. The Morgan fingerprint density at radius 3 is 2.50 bits per heavy atom. The third kappa shape index (κ3) is 2.64. The van der Waals surface area contributed by atoms with Crippen LogP contribution in [0.3, 0.4) is 0 Å². The van der Waals surface area contributed by atoms with Crippen LogP contribution in [0.1, 0.15) is 16.1 Å². The smallest absolute Gasteiger partial charge is 0.433 e. The molecule has 0 aliphatic carbocycles. The molecule has 0 amide bonds. The molecule has 2 rings (SSSR count). The van der Waals surface area contributed by atoms with E-state index in [4.69, 9.17) is 4.74 Å². The standard InChI is InChI=1S/C14H10F3NO2/c1-20-12-5-3-2-4-10(12)11-6-13(14(15,16)17)18-7-9(11)8-19/h2-8H,1H3. The summed E-state index contributed by atoms with van der Waals surface area (Å²) in [6, 6.07) is 7.38. The van der Waals surface area contributed by atoms with E-state index in [2.05, 4.69) is 4.98 Å². The first-order valence-corrected chi connectivity index (χ1v) is 5.63. The number of nitrogens with zero attached hydrogens (tertiary/aromatic N) is 1. The van der Waals surface area contributed by atoms with E-state index in [0.717, 1.165) is 12.3 Å². The first kappa shape index (κ1) is 14.0. The van der Waals surface area contributed by atoms with Crippen molar-refractivity contribution in [3.63, 3.8) is 0 Å². The number of para-hydroxylation sites is 1. The maximum Gasteiger partial charge on any atom is 0.433 e. The zero-order valence-electron chi connectivity index (χ0n) is 10.4. The monoisotopic (exact) mass is 281 g/mol. The first-order chi connectivity index (χ1) is 9.47. The van der Waals surface area contributed by atoms with E-state index in [0.29, 0.717) is 17.6 Å². The topological polar surface area (TPSA) is 39.2 Å². The van der Waals surface area contributed by atoms with Gasteiger partial charge in [0.05, 0.1) is 7.11 Å². The molecule has 6 heteroatoms. The number of carbonyl (C=O) groups excluding carboxylic acids is 1. The lowest BCUT2D eigenvalue weighted by molar-refractivity contribution is -0.141. The number of ether oxygens (including phenoxy) is 1. The number of aldehydes is 1. The second-order valence-electron chi connectivity index (χ2n) is 3.97. The summed E-state index contributed by atoms with van der Waals surface area (Å²) in [4.78, 5) is 14.3. The molecule has 0 bridgehead atoms. The SMILES string of the molecule is COc1ccccc1-c1cc(C(F)(F)F)ncc1C=O. The van der Waals surface area contributed by atoms with Gasteiger partial charge in [-0.1, -0.05) is 18.2 Å². The van der Waals surface area contributed by atoms with E-state index in [1.807, 2.05) is 0 Å². The highest BCUT2D eigenvalue weighted by Crippen LogP contribution is 2.35. The van der Waals surface area contributed by atoms with Gasteiger partial charge in [0.2, 0.25) is 0 Å². The number of hydrogen-bond donors (Lipinski definition) is 0. The fraction of sp³-hybridized carbons (Fsp3) is 0.143. The van der Waals surface area contributed by atoms with Gasteiger partial charge in [0, 0.05) is 17.3 Å². The number of rotatable bonds is 3. The van der Waals surface area contributed by atoms with E-state index in [1.165, 1.54) is 7.11 Å². The van der Waals surface area contributed by atoms with E-state index >= 15 is 0 Å². The summed E-state index contributed by atoms with van der Waals surface area (Å²) in [5.74, 6) is 0.384. The van der Waals surface area contributed by atoms with Gasteiger partial charge in [0.15, 0.2) is 6.29 Å². The first-order valence-electron chi connectivity index (χ1n) is 5.63. The average molecular weight is 281 g/mol. The summed E-state index contributed by atoms with van der Waals surface area (Å²) in [5.41, 5.74) is -0.434. The van der Waals surface area contributed by atoms with Crippen LogP contribution in [0.25, 0.3) is 11.1 Å². The highest BCUT2D eigenvalue weighted by molar-refractivity contribution is 5.89. The Morgan fingerprint density at radius 2 is 1.90 bits per heavy atom. The van der Waals surface area contributed by atoms with Gasteiger partial charge in [-0.3, -0.25) is 9.78 Å². The summed E-state index contributed by atoms with van der Waals surface area (Å²) < 4.78 is 43.3. The van der Waals surface area contributed by atoms with Crippen LogP contribution in [0, 0.1) is 0 Å². The largest absolute Gasteiger partial charge is 0.496 e. The summed E-state index contributed by atoms with van der Waals surface area (Å²) in [6.45, 7) is 0. The number of carbonyl (C=O) groups is 1. The molecule has 0 spiro atoms. The second kappa shape index (κ2) is 5.32. The van der Waals surface area contributed by atoms with Gasteiger partial charge in [0.1, 0.15) is 11.4 Å². The minimum atomic E-state index is -4.57. The lowest BCUT2D eigenvalue weighted by atomic mass is 10.00. The molecule has 3 nitrogen and oxygen atoms in total. The fourth-order valence-corrected chi connectivity index (χ4v) is 1.82. The molecule has 1 aromatic heterocycles. The molecule has 0 unspecified atom stereocenters. The van der Waals surface area contributed by atoms with Crippen LogP contribution >= 0.6 is 0 Å². The number of pyridine rings is 1. The molecule has 0 fully saturated rings. The predicted molar refractivity (Wildman–Crippen MR) is 66.6 cm³/mol. The van der Waals surface area contributed by atoms with Crippen LogP contribution < -0.4 is 4.74 Å². The Labute approximate surface area is 113 Å². The number of alkyl halides is 3. The third-order valence-corrected chi connectivity index (χ3v) is 2.75. The van der Waals surface area contributed by atoms with E-state index in [9.17, 15) is 18.0 Å². The van der Waals surface area contributed by atoms with Gasteiger partial charge in [0.25, 0.3) is 0 Å². The zero-order valence-corrected chi connectivity index (χ0v) is 10.4. The molecule has 1 heterocycles. The van der Waals surface area contributed by atoms with Crippen LogP contribution in [0.2, 0.25) is 0 Å². The highest BCUT2D eigenvalue weighted by atomic mass is 19.4. The van der Waals surface area contributed by atoms with Crippen molar-refractivity contribution in [1.82, 2.24) is 4.98 Å². The minimum absolute atomic E-state index is 0.0718. The van der Waals surface area contributed by atoms with E-state index < -0.39 is 11.9 Å². The van der Waals surface area contributed by atoms with Crippen LogP contribution in [0.5, 0.6) is 5.75 Å². The second-order valence-corrected chi connectivity index (χ2v) is 3.97. The van der Waals surface area contributed by atoms with Crippen molar-refractivity contribution in [2.24, 2.45) is 0 Å². The third-order valence-electron chi connectivity index (χ3n) is 2.75. The summed E-state index contributed by atoms with van der Waals surface area (Å²) in [7, 11) is 1.41. The van der Waals surface area contributed by atoms with Crippen LogP contribution in [0.15, 0.2) is 36.5 Å². The molecule has 20 heavy (non-hydrogen) atoms. The molecule has 0 radical (unpaired) electrons. The number of methoxy groups -OCH3 is 1. The Hall–Kier alpha value is -2.37. The van der Waals surface area contributed by atoms with Crippen molar-refractivity contribution in [2.45, 2.75) is 6.18 Å². The van der Waals surface area contributed by atoms with Gasteiger partial charge < -0.3 is 4.74 Å². The minimum Gasteiger partial charge on any atom is -0.496 e. The summed E-state index contributed by atoms with van der Waals surface area (Å²) in [5, 5.41) is 0. The van der Waals surface area contributed by atoms with E-state index in [-0.39, 0.29) is 11.1 Å². The van der Waals surface area contributed by atoms with Gasteiger partial charge in [-0.25, -0.2) is 0 Å². The van der Waals surface area contributed by atoms with Crippen molar-refractivity contribution < 1.29 is 22.7 Å². The maximum absolute atomic E-state index is 12.7. The maximum atomic E-state index is 12.7. The van der Waals surface area contributed by atoms with Crippen molar-refractivity contribution in [2.75, 3.05) is 7.11 Å². The molecule has 104 valence electrons. The summed E-state index contributed by atoms with van der Waals surface area (Å²) in [6.07, 6.45) is -3.19. The Kier molecular flexibility index (Phi) is 3.74. The molecular weight excluding hydrogens is 271 g/mol. The van der Waals surface area contributed by atoms with Crippen LogP contribution in [-0.4, -0.2) is 18.4 Å². The number of benzene rings is 1. The Bertz CT molecular complexity index is 639. The molecule has 0 saturated heterocycles. The molecule has 0 atom stereocenters. The highest BCUT2D eigenvalue weighted by Gasteiger charge is 2.33. The van der Waals surface area contributed by atoms with Crippen molar-refractivity contribution in [3.8, 4) is 16.9 Å². The number of halogens is 3. The molecule has 0 saturated carbocycles. The van der Waals surface area contributed by atoms with Crippen molar-refractivity contribution in [1.29, 1.82) is 0 Å². The van der Waals surface area contributed by atoms with Crippen molar-refractivity contribution >= 4 is 6.29 Å². The van der Waals surface area contributed by atoms with Crippen molar-refractivity contribution in [3.05, 3.63) is 47.8 Å². The fourth-order valence-electron chi connectivity index (χ4n) is 1.82. The van der Waals surface area contributed by atoms with Crippen LogP contribution in [-0.2, 0) is 6.18 Å². The number of hydrogen-bond acceptors (Lipinski definition) is 3. The van der Waals surface area contributed by atoms with Crippen LogP contribution in [0.4, 0.5) is 13.2 Å². The molecule has 0 aliphatic rings. The van der Waals surface area contributed by atoms with Gasteiger partial charge >= 0.3 is 6.18 Å². The van der Waals surface area contributed by atoms with Gasteiger partial charge in [-0.2, -0.15) is 13.2 Å².